The van der Waals surface area contributed by atoms with E-state index in [0.717, 1.165) is 0 Å². The van der Waals surface area contributed by atoms with Gasteiger partial charge in [0.25, 0.3) is 31.3 Å². The third-order valence-electron chi connectivity index (χ3n) is 0. The van der Waals surface area contributed by atoms with Crippen molar-refractivity contribution in [3.8, 4) is 0 Å². The van der Waals surface area contributed by atoms with Crippen molar-refractivity contribution in [2.45, 2.75) is 0 Å². The summed E-state index contributed by atoms with van der Waals surface area (Å²) in [5.74, 6) is 0. The van der Waals surface area contributed by atoms with Gasteiger partial charge < -0.3 is 58.7 Å². The van der Waals surface area contributed by atoms with E-state index >= 15 is 0 Å². The molecule has 0 saturated heterocycles. The minimum atomic E-state index is -4.89. The molecule has 0 aliphatic carbocycles. The third kappa shape index (κ3) is 968. The molecule has 8 N–H and O–H groups in total. The average Bonchev–Trinajstić information content (AvgIpc) is 1.62. The first-order valence-corrected chi connectivity index (χ1v) is 9.18. The Hall–Kier alpha value is 4.13. The molecule has 0 saturated carbocycles. The first kappa shape index (κ1) is 51.1. The van der Waals surface area contributed by atoms with E-state index in [1.54, 1.807) is 0 Å². The molecule has 0 aliphatic rings. The number of hydrogen-bond acceptors (Lipinski definition) is 8. The molecule has 0 fully saturated rings. The summed E-state index contributed by atoms with van der Waals surface area (Å²) >= 11 is 0. The number of rotatable bonds is 0. The van der Waals surface area contributed by atoms with Crippen molar-refractivity contribution in [1.82, 2.24) is 0 Å². The maximum absolute atomic E-state index is 8.77. The molecule has 0 amide bonds. The van der Waals surface area contributed by atoms with Gasteiger partial charge in [-0.05, 0) is 0 Å². The molecule has 0 heterocycles. The van der Waals surface area contributed by atoms with Crippen molar-refractivity contribution in [2.24, 2.45) is 0 Å². The van der Waals surface area contributed by atoms with E-state index in [-0.39, 0.29) is 109 Å². The molecule has 0 radical (unpaired) electrons. The fourth-order valence-electron chi connectivity index (χ4n) is 0. The molecule has 0 rings (SSSR count). The second-order valence-electron chi connectivity index (χ2n) is 1.96. The molecular formula is H8O16P4Tl4. The Morgan fingerprint density at radius 2 is 0.375 bits per heavy atom. The summed E-state index contributed by atoms with van der Waals surface area (Å²) in [5.41, 5.74) is 0. The van der Waals surface area contributed by atoms with Crippen LogP contribution in [0.25, 0.3) is 0 Å². The van der Waals surface area contributed by atoms with Crippen molar-refractivity contribution < 1.29 is 77.0 Å². The van der Waals surface area contributed by atoms with Crippen LogP contribution in [0, 0.1) is 0 Å². The first-order chi connectivity index (χ1) is 8.00. The normalized spacial score (nSPS) is 9.83. The molecular weight excluding hydrogens is 1200 g/mol. The average molecular weight is 1210 g/mol. The monoisotopic (exact) mass is 1210 g/mol. The summed E-state index contributed by atoms with van der Waals surface area (Å²) in [5, 5.41) is 0. The molecule has 24 heteroatoms. The van der Waals surface area contributed by atoms with Gasteiger partial charge in [-0.1, -0.05) is 0 Å². The van der Waals surface area contributed by atoms with E-state index in [4.69, 9.17) is 77.0 Å². The summed E-state index contributed by atoms with van der Waals surface area (Å²) in [6.45, 7) is 0. The van der Waals surface area contributed by atoms with Crippen LogP contribution in [0.3, 0.4) is 0 Å². The van der Waals surface area contributed by atoms with Crippen LogP contribution in [0.1, 0.15) is 0 Å². The largest absolute Gasteiger partial charge is 1.00 e. The summed E-state index contributed by atoms with van der Waals surface area (Å²) < 4.78 is 35.1. The maximum atomic E-state index is 8.77. The van der Waals surface area contributed by atoms with Crippen LogP contribution in [-0.4, -0.2) is 148 Å². The van der Waals surface area contributed by atoms with Crippen LogP contribution in [0.2, 0.25) is 0 Å². The van der Waals surface area contributed by atoms with E-state index < -0.39 is 31.3 Å². The first-order valence-electron chi connectivity index (χ1n) is 3.06. The summed E-state index contributed by atoms with van der Waals surface area (Å²) in [6.07, 6.45) is 0. The Labute approximate surface area is 214 Å². The molecule has 0 aliphatic heterocycles. The van der Waals surface area contributed by atoms with E-state index in [1.807, 2.05) is 0 Å². The van der Waals surface area contributed by atoms with Gasteiger partial charge in [0.1, 0.15) is 0 Å². The topological polar surface area (TPSA) is 322 Å². The Morgan fingerprint density at radius 3 is 0.375 bits per heavy atom. The molecule has 0 aromatic rings. The van der Waals surface area contributed by atoms with Crippen molar-refractivity contribution in [1.29, 1.82) is 0 Å². The van der Waals surface area contributed by atoms with Gasteiger partial charge in [-0.2, -0.15) is 0 Å². The number of phosphoric acid groups is 4. The molecule has 136 valence electrons. The standard InChI is InChI=1S/4H3O4P.4Tl/c4*1-5(2,3)4;;;;/h4*(H3,1,2,3,4);;;;/q;;;;4*+1/p-4. The molecule has 0 aromatic heterocycles. The SMILES string of the molecule is O=P([O-])(O)O.O=P([O-])(O)O.O=P([O-])(O)O.O=P([O-])(O)O.[Tl+].[Tl+].[Tl+].[Tl+]. The minimum Gasteiger partial charge on any atom is -0.756 e. The van der Waals surface area contributed by atoms with Crippen LogP contribution in [0.5, 0.6) is 0 Å². The summed E-state index contributed by atoms with van der Waals surface area (Å²) in [6, 6.07) is 0. The summed E-state index contributed by atoms with van der Waals surface area (Å²) in [7, 11) is -19.6. The van der Waals surface area contributed by atoms with Crippen molar-refractivity contribution in [3.05, 3.63) is 0 Å². The zero-order valence-corrected chi connectivity index (χ0v) is 32.5. The quantitative estimate of drug-likeness (QED) is 0.0825. The van der Waals surface area contributed by atoms with Crippen LogP contribution < -0.4 is 19.6 Å². The second-order valence-corrected chi connectivity index (χ2v) is 5.89. The van der Waals surface area contributed by atoms with E-state index in [2.05, 4.69) is 0 Å². The molecule has 0 spiro atoms. The van der Waals surface area contributed by atoms with Gasteiger partial charge in [-0.3, -0.25) is 18.3 Å². The molecule has 16 nitrogen and oxygen atoms in total. The Bertz CT molecular complexity index is 295. The summed E-state index contributed by atoms with van der Waals surface area (Å²) in [4.78, 5) is 91.7. The Balaban J connectivity index is -0.0000000225. The van der Waals surface area contributed by atoms with Crippen molar-refractivity contribution in [2.75, 3.05) is 0 Å². The van der Waals surface area contributed by atoms with Crippen LogP contribution in [-0.2, 0) is 18.3 Å². The van der Waals surface area contributed by atoms with Crippen LogP contribution >= 0.6 is 31.3 Å². The van der Waals surface area contributed by atoms with Gasteiger partial charge in [0.15, 0.2) is 0 Å². The van der Waals surface area contributed by atoms with E-state index in [1.165, 1.54) is 0 Å². The van der Waals surface area contributed by atoms with Gasteiger partial charge in [0, 0.05) is 0 Å². The molecule has 0 bridgehead atoms. The zero-order valence-electron chi connectivity index (χ0n) is 10.9. The zero-order chi connectivity index (χ0) is 18.0. The van der Waals surface area contributed by atoms with Gasteiger partial charge >= 0.3 is 109 Å². The van der Waals surface area contributed by atoms with Crippen molar-refractivity contribution in [3.63, 3.8) is 0 Å². The van der Waals surface area contributed by atoms with Crippen molar-refractivity contribution >= 4 is 140 Å². The van der Waals surface area contributed by atoms with Crippen LogP contribution in [0.4, 0.5) is 0 Å². The van der Waals surface area contributed by atoms with Crippen LogP contribution in [0.15, 0.2) is 0 Å². The minimum absolute atomic E-state index is 0. The maximum Gasteiger partial charge on any atom is 1.00 e. The molecule has 0 aromatic carbocycles. The smallest absolute Gasteiger partial charge is 0.756 e. The Kier molecular flexibility index (Phi) is 49.8. The predicted octanol–water partition coefficient (Wildman–Crippen LogP) is -7.77. The third-order valence-corrected chi connectivity index (χ3v) is 0. The van der Waals surface area contributed by atoms with Gasteiger partial charge in [-0.15, -0.1) is 0 Å². The predicted molar refractivity (Wildman–Crippen MR) is 71.2 cm³/mol. The number of hydrogen-bond donors (Lipinski definition) is 8. The molecule has 24 heavy (non-hydrogen) atoms. The molecule has 0 unspecified atom stereocenters. The van der Waals surface area contributed by atoms with Gasteiger partial charge in [-0.25, -0.2) is 0 Å². The van der Waals surface area contributed by atoms with Gasteiger partial charge in [0.05, 0.1) is 0 Å². The van der Waals surface area contributed by atoms with E-state index in [0.29, 0.717) is 0 Å². The fourth-order valence-corrected chi connectivity index (χ4v) is 0. The Morgan fingerprint density at radius 1 is 0.375 bits per heavy atom. The second kappa shape index (κ2) is 23.4. The van der Waals surface area contributed by atoms with E-state index in [9.17, 15) is 0 Å². The fraction of sp³-hybridized carbons (Fsp3) is 0. The molecule has 0 atom stereocenters. The van der Waals surface area contributed by atoms with Gasteiger partial charge in [0.2, 0.25) is 0 Å².